The molecule has 0 aliphatic carbocycles. The summed E-state index contributed by atoms with van der Waals surface area (Å²) in [6, 6.07) is 16.7. The van der Waals surface area contributed by atoms with Gasteiger partial charge in [-0.1, -0.05) is 36.4 Å². The highest BCUT2D eigenvalue weighted by molar-refractivity contribution is 5.73. The summed E-state index contributed by atoms with van der Waals surface area (Å²) in [6.45, 7) is 5.04. The lowest BCUT2D eigenvalue weighted by Crippen LogP contribution is -2.19. The number of nitrogens with one attached hydrogen (secondary N) is 1. The van der Waals surface area contributed by atoms with Crippen LogP contribution in [0.2, 0.25) is 0 Å². The second-order valence-electron chi connectivity index (χ2n) is 5.31. The van der Waals surface area contributed by atoms with Gasteiger partial charge in [-0.2, -0.15) is 0 Å². The largest absolute Gasteiger partial charge is 0.304 e. The lowest BCUT2D eigenvalue weighted by Gasteiger charge is -2.16. The van der Waals surface area contributed by atoms with E-state index in [0.717, 1.165) is 16.7 Å². The Balaban J connectivity index is 1.73. The molecule has 3 aromatic rings. The van der Waals surface area contributed by atoms with Crippen molar-refractivity contribution >= 4 is 11.0 Å². The van der Waals surface area contributed by atoms with E-state index in [2.05, 4.69) is 53.4 Å². The molecule has 1 aromatic heterocycles. The fraction of sp³-hybridized carbons (Fsp3) is 0.222. The minimum atomic E-state index is 0.291. The summed E-state index contributed by atoms with van der Waals surface area (Å²) in [7, 11) is 0. The maximum absolute atomic E-state index is 4.64. The van der Waals surface area contributed by atoms with Crippen molar-refractivity contribution in [1.82, 2.24) is 15.3 Å². The smallest absolute Gasteiger partial charge is 0.0890 e. The molecule has 0 radical (unpaired) electrons. The van der Waals surface area contributed by atoms with Crippen LogP contribution >= 0.6 is 0 Å². The van der Waals surface area contributed by atoms with Crippen LogP contribution in [0.3, 0.4) is 0 Å². The first-order chi connectivity index (χ1) is 10.2. The van der Waals surface area contributed by atoms with E-state index in [1.165, 1.54) is 11.1 Å². The van der Waals surface area contributed by atoms with Crippen molar-refractivity contribution in [3.63, 3.8) is 0 Å². The number of nitrogens with zero attached hydrogens (tertiary/aromatic N) is 2. The molecule has 21 heavy (non-hydrogen) atoms. The third kappa shape index (κ3) is 3.09. The van der Waals surface area contributed by atoms with Gasteiger partial charge in [0.25, 0.3) is 0 Å². The van der Waals surface area contributed by atoms with E-state index >= 15 is 0 Å². The van der Waals surface area contributed by atoms with Crippen molar-refractivity contribution < 1.29 is 0 Å². The first-order valence-electron chi connectivity index (χ1n) is 7.23. The summed E-state index contributed by atoms with van der Waals surface area (Å²) in [6.07, 6.45) is 1.85. The predicted octanol–water partition coefficient (Wildman–Crippen LogP) is 3.79. The van der Waals surface area contributed by atoms with Crippen LogP contribution < -0.4 is 5.32 Å². The van der Waals surface area contributed by atoms with Gasteiger partial charge in [0, 0.05) is 12.6 Å². The van der Waals surface area contributed by atoms with Crippen LogP contribution in [0.4, 0.5) is 0 Å². The maximum Gasteiger partial charge on any atom is 0.0890 e. The van der Waals surface area contributed by atoms with Crippen LogP contribution in [0.1, 0.15) is 29.8 Å². The van der Waals surface area contributed by atoms with Crippen LogP contribution in [0, 0.1) is 6.92 Å². The summed E-state index contributed by atoms with van der Waals surface area (Å²) < 4.78 is 0. The average molecular weight is 277 g/mol. The maximum atomic E-state index is 4.64. The van der Waals surface area contributed by atoms with E-state index in [0.29, 0.717) is 12.6 Å². The molecular formula is C18H19N3. The van der Waals surface area contributed by atoms with Gasteiger partial charge < -0.3 is 5.32 Å². The Kier molecular flexibility index (Phi) is 3.93. The first kappa shape index (κ1) is 13.7. The van der Waals surface area contributed by atoms with E-state index in [1.807, 2.05) is 30.5 Å². The molecule has 0 bridgehead atoms. The van der Waals surface area contributed by atoms with Gasteiger partial charge >= 0.3 is 0 Å². The number of aryl methyl sites for hydroxylation is 1. The average Bonchev–Trinajstić information content (AvgIpc) is 2.53. The molecule has 0 aliphatic heterocycles. The molecule has 0 unspecified atom stereocenters. The summed E-state index contributed by atoms with van der Waals surface area (Å²) >= 11 is 0. The van der Waals surface area contributed by atoms with Gasteiger partial charge in [-0.25, -0.2) is 4.98 Å². The number of hydrogen-bond donors (Lipinski definition) is 1. The Morgan fingerprint density at radius 2 is 1.71 bits per heavy atom. The van der Waals surface area contributed by atoms with Gasteiger partial charge in [-0.05, 0) is 37.1 Å². The Morgan fingerprint density at radius 1 is 1.00 bits per heavy atom. The molecule has 3 nitrogen and oxygen atoms in total. The van der Waals surface area contributed by atoms with E-state index in [4.69, 9.17) is 0 Å². The Hall–Kier alpha value is -2.26. The first-order valence-corrected chi connectivity index (χ1v) is 7.23. The lowest BCUT2D eigenvalue weighted by molar-refractivity contribution is 0.565. The Bertz CT molecular complexity index is 752. The van der Waals surface area contributed by atoms with Crippen molar-refractivity contribution in [3.05, 3.63) is 71.5 Å². The number of hydrogen-bond acceptors (Lipinski definition) is 3. The van der Waals surface area contributed by atoms with Crippen molar-refractivity contribution in [2.75, 3.05) is 0 Å². The van der Waals surface area contributed by atoms with Gasteiger partial charge in [0.05, 0.1) is 22.9 Å². The molecule has 106 valence electrons. The molecule has 1 heterocycles. The molecule has 0 aliphatic rings. The molecule has 0 saturated heterocycles. The van der Waals surface area contributed by atoms with Crippen LogP contribution in [0.5, 0.6) is 0 Å². The summed E-state index contributed by atoms with van der Waals surface area (Å²) in [5.41, 5.74) is 5.48. The normalized spacial score (nSPS) is 12.5. The highest BCUT2D eigenvalue weighted by atomic mass is 14.9. The highest BCUT2D eigenvalue weighted by Crippen LogP contribution is 2.17. The lowest BCUT2D eigenvalue weighted by atomic mass is 10.0. The number of fused-ring (bicyclic) bond motifs is 1. The third-order valence-electron chi connectivity index (χ3n) is 3.74. The quantitative estimate of drug-likeness (QED) is 0.788. The molecule has 0 saturated carbocycles. The van der Waals surface area contributed by atoms with Crippen LogP contribution in [-0.2, 0) is 6.54 Å². The van der Waals surface area contributed by atoms with E-state index < -0.39 is 0 Å². The molecule has 3 rings (SSSR count). The number of aromatic nitrogens is 2. The zero-order chi connectivity index (χ0) is 14.7. The van der Waals surface area contributed by atoms with Gasteiger partial charge in [-0.3, -0.25) is 4.98 Å². The Morgan fingerprint density at radius 3 is 2.52 bits per heavy atom. The monoisotopic (exact) mass is 277 g/mol. The van der Waals surface area contributed by atoms with Crippen LogP contribution in [0.25, 0.3) is 11.0 Å². The SMILES string of the molecule is Cc1ccccc1[C@@H](C)NCc1cnc2ccccc2n1. The standard InChI is InChI=1S/C18H19N3/c1-13-7-3-4-8-16(13)14(2)19-11-15-12-20-17-9-5-6-10-18(17)21-15/h3-10,12,14,19H,11H2,1-2H3/t14-/m1/s1. The molecule has 2 aromatic carbocycles. The summed E-state index contributed by atoms with van der Waals surface area (Å²) in [5, 5.41) is 3.52. The topological polar surface area (TPSA) is 37.8 Å². The van der Waals surface area contributed by atoms with E-state index in [1.54, 1.807) is 0 Å². The van der Waals surface area contributed by atoms with E-state index in [9.17, 15) is 0 Å². The third-order valence-corrected chi connectivity index (χ3v) is 3.74. The molecule has 0 fully saturated rings. The highest BCUT2D eigenvalue weighted by Gasteiger charge is 2.08. The van der Waals surface area contributed by atoms with Crippen LogP contribution in [0.15, 0.2) is 54.7 Å². The van der Waals surface area contributed by atoms with Crippen molar-refractivity contribution in [3.8, 4) is 0 Å². The summed E-state index contributed by atoms with van der Waals surface area (Å²) in [5.74, 6) is 0. The van der Waals surface area contributed by atoms with Gasteiger partial charge in [0.1, 0.15) is 0 Å². The van der Waals surface area contributed by atoms with Crippen LogP contribution in [-0.4, -0.2) is 9.97 Å². The molecule has 0 amide bonds. The van der Waals surface area contributed by atoms with Crippen molar-refractivity contribution in [2.24, 2.45) is 0 Å². The number of benzene rings is 2. The Labute approximate surface area is 125 Å². The zero-order valence-corrected chi connectivity index (χ0v) is 12.4. The minimum Gasteiger partial charge on any atom is -0.304 e. The molecule has 1 N–H and O–H groups in total. The second-order valence-corrected chi connectivity index (χ2v) is 5.31. The fourth-order valence-electron chi connectivity index (χ4n) is 2.52. The van der Waals surface area contributed by atoms with E-state index in [-0.39, 0.29) is 0 Å². The zero-order valence-electron chi connectivity index (χ0n) is 12.4. The molecule has 0 spiro atoms. The predicted molar refractivity (Wildman–Crippen MR) is 86.0 cm³/mol. The van der Waals surface area contributed by atoms with Gasteiger partial charge in [-0.15, -0.1) is 0 Å². The van der Waals surface area contributed by atoms with Gasteiger partial charge in [0.15, 0.2) is 0 Å². The minimum absolute atomic E-state index is 0.291. The molecular weight excluding hydrogens is 258 g/mol. The molecule has 1 atom stereocenters. The van der Waals surface area contributed by atoms with Crippen molar-refractivity contribution in [2.45, 2.75) is 26.4 Å². The number of para-hydroxylation sites is 2. The fourth-order valence-corrected chi connectivity index (χ4v) is 2.52. The second kappa shape index (κ2) is 6.02. The van der Waals surface area contributed by atoms with Gasteiger partial charge in [0.2, 0.25) is 0 Å². The van der Waals surface area contributed by atoms with Crippen molar-refractivity contribution in [1.29, 1.82) is 0 Å². The molecule has 3 heteroatoms. The number of rotatable bonds is 4. The summed E-state index contributed by atoms with van der Waals surface area (Å²) in [4.78, 5) is 9.09.